The maximum atomic E-state index is 13.1. The minimum atomic E-state index is -4.81. The number of imidazole rings is 1. The van der Waals surface area contributed by atoms with Gasteiger partial charge in [0.1, 0.15) is 41.7 Å². The SMILES string of the molecule is COC(=O)[N+]1(c2ccc(OC(F)(F)F)cc2)CCc2nc(C(=O)N3CCc4[nH]nnc4C3)cn2CC1. The van der Waals surface area contributed by atoms with Gasteiger partial charge in [0.05, 0.1) is 32.3 Å². The van der Waals surface area contributed by atoms with Gasteiger partial charge >= 0.3 is 12.5 Å². The molecule has 14 heteroatoms. The number of alkyl halides is 3. The van der Waals surface area contributed by atoms with Crippen LogP contribution in [0.2, 0.25) is 0 Å². The number of aromatic amines is 1. The number of carbonyl (C=O) groups is 2. The third-order valence-corrected chi connectivity index (χ3v) is 6.57. The van der Waals surface area contributed by atoms with E-state index in [9.17, 15) is 22.8 Å². The third-order valence-electron chi connectivity index (χ3n) is 6.57. The van der Waals surface area contributed by atoms with Crippen LogP contribution in [0.25, 0.3) is 0 Å². The third kappa shape index (κ3) is 4.39. The van der Waals surface area contributed by atoms with Gasteiger partial charge in [0.2, 0.25) is 0 Å². The first-order valence-electron chi connectivity index (χ1n) is 11.2. The topological polar surface area (TPSA) is 115 Å². The summed E-state index contributed by atoms with van der Waals surface area (Å²) in [4.78, 5) is 32.2. The quantitative estimate of drug-likeness (QED) is 0.543. The van der Waals surface area contributed by atoms with E-state index in [2.05, 4.69) is 25.1 Å². The summed E-state index contributed by atoms with van der Waals surface area (Å²) in [5, 5.41) is 10.6. The highest BCUT2D eigenvalue weighted by molar-refractivity contribution is 5.92. The lowest BCUT2D eigenvalue weighted by atomic mass is 10.1. The van der Waals surface area contributed by atoms with Gasteiger partial charge in [0.15, 0.2) is 0 Å². The molecule has 0 spiro atoms. The van der Waals surface area contributed by atoms with E-state index >= 15 is 0 Å². The van der Waals surface area contributed by atoms with Gasteiger partial charge in [-0.2, -0.15) is 9.28 Å². The van der Waals surface area contributed by atoms with Crippen LogP contribution in [0.1, 0.15) is 27.7 Å². The zero-order valence-corrected chi connectivity index (χ0v) is 19.3. The molecule has 11 nitrogen and oxygen atoms in total. The lowest BCUT2D eigenvalue weighted by molar-refractivity contribution is -0.274. The molecule has 2 amide bonds. The number of methoxy groups -OCH3 is 1. The second-order valence-corrected chi connectivity index (χ2v) is 8.63. The Bertz CT molecular complexity index is 1260. The Hall–Kier alpha value is -3.94. The number of rotatable bonds is 3. The maximum Gasteiger partial charge on any atom is 0.573 e. The van der Waals surface area contributed by atoms with Crippen molar-refractivity contribution < 1.29 is 32.2 Å². The molecule has 3 aromatic rings. The van der Waals surface area contributed by atoms with Crippen molar-refractivity contribution in [2.45, 2.75) is 32.3 Å². The number of quaternary nitrogens is 1. The lowest BCUT2D eigenvalue weighted by Gasteiger charge is -2.32. The van der Waals surface area contributed by atoms with Crippen molar-refractivity contribution in [1.82, 2.24) is 34.3 Å². The van der Waals surface area contributed by atoms with Crippen molar-refractivity contribution in [2.24, 2.45) is 0 Å². The molecule has 2 aromatic heterocycles. The standard InChI is InChI=1S/C22H23F3N7O4/c1-35-21(34)32(14-2-4-15(5-3-14)36-22(23,24)25)10-7-19-26-18(13-30(19)9-11-32)20(33)31-8-6-16-17(12-31)28-29-27-16/h2-5,13H,6-12H2,1H3,(H,27,28,29)/q+1. The Labute approximate surface area is 203 Å². The molecule has 0 fully saturated rings. The highest BCUT2D eigenvalue weighted by Crippen LogP contribution is 2.31. The van der Waals surface area contributed by atoms with Crippen molar-refractivity contribution in [1.29, 1.82) is 0 Å². The molecule has 2 aliphatic heterocycles. The predicted octanol–water partition coefficient (Wildman–Crippen LogP) is 2.43. The number of hydrogen-bond donors (Lipinski definition) is 1. The molecule has 1 N–H and O–H groups in total. The molecule has 0 saturated carbocycles. The van der Waals surface area contributed by atoms with Gasteiger partial charge in [-0.15, -0.1) is 18.3 Å². The van der Waals surface area contributed by atoms with E-state index in [1.165, 1.54) is 31.4 Å². The highest BCUT2D eigenvalue weighted by Gasteiger charge is 2.43. The summed E-state index contributed by atoms with van der Waals surface area (Å²) >= 11 is 0. The van der Waals surface area contributed by atoms with Crippen LogP contribution >= 0.6 is 0 Å². The summed E-state index contributed by atoms with van der Waals surface area (Å²) in [6.07, 6.45) is -2.70. The smallest absolute Gasteiger partial charge is 0.423 e. The van der Waals surface area contributed by atoms with E-state index in [4.69, 9.17) is 4.74 Å². The lowest BCUT2D eigenvalue weighted by Crippen LogP contribution is -2.56. The molecule has 1 aromatic carbocycles. The summed E-state index contributed by atoms with van der Waals surface area (Å²) < 4.78 is 48.2. The molecule has 1 unspecified atom stereocenters. The van der Waals surface area contributed by atoms with E-state index in [0.29, 0.717) is 49.7 Å². The Balaban J connectivity index is 1.35. The van der Waals surface area contributed by atoms with E-state index in [0.717, 1.165) is 11.4 Å². The second kappa shape index (κ2) is 8.93. The molecule has 36 heavy (non-hydrogen) atoms. The summed E-state index contributed by atoms with van der Waals surface area (Å²) in [6, 6.07) is 5.20. The summed E-state index contributed by atoms with van der Waals surface area (Å²) in [5.74, 6) is 0.0484. The fraction of sp³-hybridized carbons (Fsp3) is 0.409. The number of fused-ring (bicyclic) bond motifs is 2. The van der Waals surface area contributed by atoms with Crippen molar-refractivity contribution >= 4 is 17.7 Å². The molecule has 2 aliphatic rings. The predicted molar refractivity (Wildman–Crippen MR) is 118 cm³/mol. The molecule has 0 radical (unpaired) electrons. The fourth-order valence-corrected chi connectivity index (χ4v) is 4.73. The van der Waals surface area contributed by atoms with E-state index in [-0.39, 0.29) is 29.2 Å². The Morgan fingerprint density at radius 2 is 1.89 bits per heavy atom. The number of nitrogens with zero attached hydrogens (tertiary/aromatic N) is 6. The highest BCUT2D eigenvalue weighted by atomic mass is 19.4. The summed E-state index contributed by atoms with van der Waals surface area (Å²) in [6.45, 7) is 1.73. The largest absolute Gasteiger partial charge is 0.573 e. The first-order chi connectivity index (χ1) is 17.2. The number of ether oxygens (including phenoxy) is 2. The Morgan fingerprint density at radius 1 is 1.11 bits per heavy atom. The molecule has 1 atom stereocenters. The number of amides is 2. The molecule has 0 aliphatic carbocycles. The van der Waals surface area contributed by atoms with Crippen LogP contribution in [0.3, 0.4) is 0 Å². The fourth-order valence-electron chi connectivity index (χ4n) is 4.73. The van der Waals surface area contributed by atoms with Gasteiger partial charge < -0.3 is 18.9 Å². The van der Waals surface area contributed by atoms with Crippen LogP contribution in [0.4, 0.5) is 23.7 Å². The number of halogens is 3. The molecule has 5 rings (SSSR count). The number of carbonyl (C=O) groups excluding carboxylic acids is 2. The normalized spacial score (nSPS) is 19.7. The Morgan fingerprint density at radius 3 is 2.61 bits per heavy atom. The summed E-state index contributed by atoms with van der Waals surface area (Å²) in [5.41, 5.74) is 2.44. The van der Waals surface area contributed by atoms with Crippen LogP contribution in [0.15, 0.2) is 30.5 Å². The number of H-pyrrole nitrogens is 1. The molecule has 190 valence electrons. The van der Waals surface area contributed by atoms with Gasteiger partial charge in [-0.05, 0) is 12.1 Å². The second-order valence-electron chi connectivity index (χ2n) is 8.63. The monoisotopic (exact) mass is 506 g/mol. The summed E-state index contributed by atoms with van der Waals surface area (Å²) in [7, 11) is 1.27. The van der Waals surface area contributed by atoms with Gasteiger partial charge in [-0.3, -0.25) is 9.89 Å². The van der Waals surface area contributed by atoms with Crippen LogP contribution in [-0.4, -0.2) is 75.0 Å². The zero-order valence-electron chi connectivity index (χ0n) is 19.3. The van der Waals surface area contributed by atoms with E-state index in [1.54, 1.807) is 11.1 Å². The van der Waals surface area contributed by atoms with Crippen LogP contribution in [0.5, 0.6) is 5.75 Å². The number of hydrogen-bond acceptors (Lipinski definition) is 7. The molecule has 0 saturated heterocycles. The number of nitrogens with one attached hydrogen (secondary N) is 1. The van der Waals surface area contributed by atoms with Gasteiger partial charge in [0.25, 0.3) is 5.91 Å². The van der Waals surface area contributed by atoms with E-state index in [1.807, 2.05) is 4.57 Å². The van der Waals surface area contributed by atoms with Gasteiger partial charge in [0, 0.05) is 31.3 Å². The zero-order chi connectivity index (χ0) is 25.5. The van der Waals surface area contributed by atoms with Crippen LogP contribution < -0.4 is 9.22 Å². The van der Waals surface area contributed by atoms with Crippen molar-refractivity contribution in [2.75, 3.05) is 26.7 Å². The van der Waals surface area contributed by atoms with E-state index < -0.39 is 12.5 Å². The average Bonchev–Trinajstić information content (AvgIpc) is 3.45. The number of aromatic nitrogens is 5. The molecular weight excluding hydrogens is 483 g/mol. The van der Waals surface area contributed by atoms with Crippen molar-refractivity contribution in [3.05, 3.63) is 53.4 Å². The van der Waals surface area contributed by atoms with Crippen LogP contribution in [-0.2, 0) is 30.7 Å². The molecular formula is C22H23F3N7O4+. The Kier molecular flexibility index (Phi) is 5.90. The van der Waals surface area contributed by atoms with Crippen LogP contribution in [0, 0.1) is 0 Å². The first kappa shape index (κ1) is 23.8. The van der Waals surface area contributed by atoms with Crippen molar-refractivity contribution in [3.8, 4) is 5.75 Å². The van der Waals surface area contributed by atoms with Gasteiger partial charge in [-0.1, -0.05) is 5.21 Å². The number of benzene rings is 1. The van der Waals surface area contributed by atoms with Gasteiger partial charge in [-0.25, -0.2) is 4.98 Å². The minimum Gasteiger partial charge on any atom is -0.423 e. The maximum absolute atomic E-state index is 13.1. The minimum absolute atomic E-state index is 0.210. The van der Waals surface area contributed by atoms with Crippen molar-refractivity contribution in [3.63, 3.8) is 0 Å². The molecule has 0 bridgehead atoms. The average molecular weight is 506 g/mol. The first-order valence-corrected chi connectivity index (χ1v) is 11.2. The molecule has 4 heterocycles.